The molecule has 0 radical (unpaired) electrons. The summed E-state index contributed by atoms with van der Waals surface area (Å²) in [5.74, 6) is -2.15. The average Bonchev–Trinajstić information content (AvgIpc) is 3.12. The second-order valence-electron chi connectivity index (χ2n) is 6.85. The molecule has 0 spiro atoms. The molecular formula is C19H18N4O4S. The van der Waals surface area contributed by atoms with Crippen LogP contribution in [0.5, 0.6) is 0 Å². The smallest absolute Gasteiger partial charge is 0.262 e. The molecule has 0 atom stereocenters. The van der Waals surface area contributed by atoms with E-state index >= 15 is 0 Å². The lowest BCUT2D eigenvalue weighted by Crippen LogP contribution is -2.37. The first-order valence-electron chi connectivity index (χ1n) is 8.74. The SMILES string of the molecule is CN1CCc2c(sc(NC(=O)CN3C(=O)c4ccccc4C3=O)c2C(N)=O)C1. The van der Waals surface area contributed by atoms with Crippen molar-refractivity contribution in [1.29, 1.82) is 0 Å². The molecule has 0 saturated heterocycles. The van der Waals surface area contributed by atoms with Crippen molar-refractivity contribution in [2.75, 3.05) is 25.5 Å². The van der Waals surface area contributed by atoms with E-state index in [1.165, 1.54) is 11.3 Å². The molecule has 4 amide bonds. The first-order valence-corrected chi connectivity index (χ1v) is 9.56. The summed E-state index contributed by atoms with van der Waals surface area (Å²) in [7, 11) is 1.98. The molecule has 3 N–H and O–H groups in total. The molecule has 144 valence electrons. The fourth-order valence-corrected chi connectivity index (χ4v) is 4.92. The van der Waals surface area contributed by atoms with Gasteiger partial charge in [-0.2, -0.15) is 0 Å². The van der Waals surface area contributed by atoms with Crippen molar-refractivity contribution < 1.29 is 19.2 Å². The molecule has 0 bridgehead atoms. The number of rotatable bonds is 4. The van der Waals surface area contributed by atoms with E-state index in [4.69, 9.17) is 5.73 Å². The lowest BCUT2D eigenvalue weighted by Gasteiger charge is -2.22. The number of carbonyl (C=O) groups is 4. The van der Waals surface area contributed by atoms with Gasteiger partial charge in [0.05, 0.1) is 16.7 Å². The van der Waals surface area contributed by atoms with Crippen LogP contribution in [0.15, 0.2) is 24.3 Å². The van der Waals surface area contributed by atoms with Gasteiger partial charge in [0.15, 0.2) is 0 Å². The van der Waals surface area contributed by atoms with E-state index in [2.05, 4.69) is 10.2 Å². The summed E-state index contributed by atoms with van der Waals surface area (Å²) >= 11 is 1.31. The molecule has 8 nitrogen and oxygen atoms in total. The second-order valence-corrected chi connectivity index (χ2v) is 7.96. The molecule has 1 aromatic carbocycles. The predicted octanol–water partition coefficient (Wildman–Crippen LogP) is 1.07. The first kappa shape index (κ1) is 18.3. The predicted molar refractivity (Wildman–Crippen MR) is 103 cm³/mol. The Kier molecular flexibility index (Phi) is 4.48. The van der Waals surface area contributed by atoms with Gasteiger partial charge in [-0.15, -0.1) is 11.3 Å². The number of thiophene rings is 1. The Morgan fingerprint density at radius 1 is 1.18 bits per heavy atom. The molecule has 0 unspecified atom stereocenters. The average molecular weight is 398 g/mol. The number of nitrogens with two attached hydrogens (primary N) is 1. The van der Waals surface area contributed by atoms with Crippen molar-refractivity contribution >= 4 is 40.0 Å². The third kappa shape index (κ3) is 2.98. The third-order valence-corrected chi connectivity index (χ3v) is 6.06. The standard InChI is InChI=1S/C19H18N4O4S/c1-22-7-6-12-13(8-22)28-17(15(12)16(20)25)21-14(24)9-23-18(26)10-4-2-3-5-11(10)19(23)27/h2-5H,6-9H2,1H3,(H2,20,25)(H,21,24). The van der Waals surface area contributed by atoms with Crippen molar-refractivity contribution in [1.82, 2.24) is 9.80 Å². The molecule has 0 aliphatic carbocycles. The van der Waals surface area contributed by atoms with Crippen LogP contribution >= 0.6 is 11.3 Å². The van der Waals surface area contributed by atoms with Crippen LogP contribution < -0.4 is 11.1 Å². The molecule has 9 heteroatoms. The van der Waals surface area contributed by atoms with E-state index in [1.807, 2.05) is 7.05 Å². The van der Waals surface area contributed by atoms with Crippen LogP contribution in [0.3, 0.4) is 0 Å². The number of hydrogen-bond donors (Lipinski definition) is 2. The third-order valence-electron chi connectivity index (χ3n) is 4.93. The van der Waals surface area contributed by atoms with Crippen molar-refractivity contribution in [3.05, 3.63) is 51.4 Å². The lowest BCUT2D eigenvalue weighted by molar-refractivity contribution is -0.116. The molecule has 0 fully saturated rings. The number of fused-ring (bicyclic) bond motifs is 2. The van der Waals surface area contributed by atoms with Gasteiger partial charge in [-0.05, 0) is 31.2 Å². The van der Waals surface area contributed by atoms with Gasteiger partial charge in [0.1, 0.15) is 11.5 Å². The number of amides is 4. The van der Waals surface area contributed by atoms with Gasteiger partial charge in [0.25, 0.3) is 17.7 Å². The van der Waals surface area contributed by atoms with Gasteiger partial charge in [0, 0.05) is 18.0 Å². The fraction of sp³-hybridized carbons (Fsp3) is 0.263. The van der Waals surface area contributed by atoms with Crippen LogP contribution in [0.4, 0.5) is 5.00 Å². The Bertz CT molecular complexity index is 994. The molecule has 2 aromatic rings. The summed E-state index contributed by atoms with van der Waals surface area (Å²) in [6, 6.07) is 6.45. The van der Waals surface area contributed by atoms with Crippen molar-refractivity contribution in [2.45, 2.75) is 13.0 Å². The van der Waals surface area contributed by atoms with E-state index < -0.39 is 30.2 Å². The van der Waals surface area contributed by atoms with Crippen LogP contribution in [-0.4, -0.2) is 53.6 Å². The van der Waals surface area contributed by atoms with Crippen molar-refractivity contribution in [2.24, 2.45) is 5.73 Å². The van der Waals surface area contributed by atoms with Gasteiger partial charge >= 0.3 is 0 Å². The number of benzene rings is 1. The fourth-order valence-electron chi connectivity index (χ4n) is 3.57. The Labute approximate surface area is 164 Å². The number of hydrogen-bond acceptors (Lipinski definition) is 6. The molecule has 2 aliphatic heterocycles. The van der Waals surface area contributed by atoms with Crippen LogP contribution in [0.25, 0.3) is 0 Å². The van der Waals surface area contributed by atoms with Crippen LogP contribution in [-0.2, 0) is 17.8 Å². The van der Waals surface area contributed by atoms with E-state index in [9.17, 15) is 19.2 Å². The van der Waals surface area contributed by atoms with Gasteiger partial charge < -0.3 is 16.0 Å². The maximum Gasteiger partial charge on any atom is 0.262 e. The Balaban J connectivity index is 1.55. The van der Waals surface area contributed by atoms with E-state index in [1.54, 1.807) is 24.3 Å². The molecule has 1 aromatic heterocycles. The molecule has 0 saturated carbocycles. The number of nitrogens with zero attached hydrogens (tertiary/aromatic N) is 2. The minimum absolute atomic E-state index is 0.285. The Morgan fingerprint density at radius 2 is 1.82 bits per heavy atom. The zero-order valence-corrected chi connectivity index (χ0v) is 16.0. The quantitative estimate of drug-likeness (QED) is 0.748. The van der Waals surface area contributed by atoms with Gasteiger partial charge in [-0.25, -0.2) is 0 Å². The van der Waals surface area contributed by atoms with Crippen molar-refractivity contribution in [3.8, 4) is 0 Å². The highest BCUT2D eigenvalue weighted by Gasteiger charge is 2.36. The zero-order chi connectivity index (χ0) is 20.0. The number of anilines is 1. The summed E-state index contributed by atoms with van der Waals surface area (Å²) in [4.78, 5) is 53.3. The zero-order valence-electron chi connectivity index (χ0n) is 15.2. The summed E-state index contributed by atoms with van der Waals surface area (Å²) in [6.45, 7) is 1.05. The number of likely N-dealkylation sites (N-methyl/N-ethyl adjacent to an activating group) is 1. The largest absolute Gasteiger partial charge is 0.365 e. The van der Waals surface area contributed by atoms with E-state index in [0.717, 1.165) is 21.9 Å². The Hall–Kier alpha value is -3.04. The van der Waals surface area contributed by atoms with E-state index in [0.29, 0.717) is 23.5 Å². The number of imide groups is 1. The minimum Gasteiger partial charge on any atom is -0.365 e. The van der Waals surface area contributed by atoms with Crippen LogP contribution in [0.2, 0.25) is 0 Å². The highest BCUT2D eigenvalue weighted by Crippen LogP contribution is 2.36. The van der Waals surface area contributed by atoms with Crippen LogP contribution in [0.1, 0.15) is 41.5 Å². The monoisotopic (exact) mass is 398 g/mol. The highest BCUT2D eigenvalue weighted by atomic mass is 32.1. The maximum atomic E-state index is 12.5. The summed E-state index contributed by atoms with van der Waals surface area (Å²) < 4.78 is 0. The number of primary amides is 1. The summed E-state index contributed by atoms with van der Waals surface area (Å²) in [5, 5.41) is 3.04. The number of carbonyl (C=O) groups excluding carboxylic acids is 4. The minimum atomic E-state index is -0.599. The summed E-state index contributed by atoms with van der Waals surface area (Å²) in [5.41, 5.74) is 7.30. The van der Waals surface area contributed by atoms with Crippen molar-refractivity contribution in [3.63, 3.8) is 0 Å². The molecule has 2 aliphatic rings. The molecule has 4 rings (SSSR count). The van der Waals surface area contributed by atoms with Crippen LogP contribution in [0, 0.1) is 0 Å². The molecule has 3 heterocycles. The number of nitrogens with one attached hydrogen (secondary N) is 1. The van der Waals surface area contributed by atoms with Gasteiger partial charge in [0.2, 0.25) is 5.91 Å². The van der Waals surface area contributed by atoms with E-state index in [-0.39, 0.29) is 11.1 Å². The normalized spacial score (nSPS) is 16.1. The summed E-state index contributed by atoms with van der Waals surface area (Å²) in [6.07, 6.45) is 0.675. The first-order chi connectivity index (χ1) is 13.4. The van der Waals surface area contributed by atoms with Gasteiger partial charge in [-0.1, -0.05) is 12.1 Å². The Morgan fingerprint density at radius 3 is 2.43 bits per heavy atom. The highest BCUT2D eigenvalue weighted by molar-refractivity contribution is 7.17. The topological polar surface area (TPSA) is 113 Å². The molecular weight excluding hydrogens is 380 g/mol. The maximum absolute atomic E-state index is 12.5. The molecule has 28 heavy (non-hydrogen) atoms. The van der Waals surface area contributed by atoms with Gasteiger partial charge in [-0.3, -0.25) is 24.1 Å². The second kappa shape index (κ2) is 6.84. The lowest BCUT2D eigenvalue weighted by atomic mass is 10.0.